The molecule has 47 heavy (non-hydrogen) atoms. The molecule has 0 amide bonds. The van der Waals surface area contributed by atoms with E-state index in [1.165, 1.54) is 6.07 Å². The molecule has 7 rings (SSSR count). The van der Waals surface area contributed by atoms with Gasteiger partial charge in [-0.3, -0.25) is 15.6 Å². The number of hydrogen-bond acceptors (Lipinski definition) is 6. The molecule has 7 aromatic rings. The Morgan fingerprint density at radius 3 is 1.72 bits per heavy atom. The van der Waals surface area contributed by atoms with Crippen LogP contribution in [0.15, 0.2) is 94.1 Å². The first-order valence-electron chi connectivity index (χ1n) is 15.5. The molecule has 0 atom stereocenters. The first kappa shape index (κ1) is 29.7. The van der Waals surface area contributed by atoms with E-state index < -0.39 is 0 Å². The van der Waals surface area contributed by atoms with Gasteiger partial charge >= 0.3 is 0 Å². The largest absolute Gasteiger partial charge is 0.456 e. The molecule has 0 spiro atoms. The van der Waals surface area contributed by atoms with Crippen LogP contribution in [0.5, 0.6) is 0 Å². The van der Waals surface area contributed by atoms with Gasteiger partial charge in [0, 0.05) is 46.0 Å². The quantitative estimate of drug-likeness (QED) is 0.0815. The van der Waals surface area contributed by atoms with Crippen molar-refractivity contribution < 1.29 is 4.42 Å². The second kappa shape index (κ2) is 11.7. The summed E-state index contributed by atoms with van der Waals surface area (Å²) in [6, 6.07) is 26.4. The maximum absolute atomic E-state index is 13.3. The molecule has 0 aliphatic carbocycles. The number of aromatic nitrogens is 4. The van der Waals surface area contributed by atoms with Crippen molar-refractivity contribution in [2.75, 3.05) is 0 Å². The SMILES string of the molecule is CC(C)NC(=N)c1ccc2nc(-c3ccc(-c4cc(=O)c5cc(-c6nc7ccc(C(=N)NC(C)C)cc7[nH]6)ccc5o4)cc3)[nH]c2c1. The number of rotatable bonds is 7. The number of aromatic amines is 2. The molecule has 4 aromatic carbocycles. The number of nitrogens with one attached hydrogen (secondary N) is 6. The molecule has 0 saturated carbocycles. The minimum Gasteiger partial charge on any atom is -0.456 e. The zero-order valence-electron chi connectivity index (χ0n) is 26.4. The molecule has 0 unspecified atom stereocenters. The summed E-state index contributed by atoms with van der Waals surface area (Å²) in [7, 11) is 0. The third kappa shape index (κ3) is 5.88. The van der Waals surface area contributed by atoms with Crippen molar-refractivity contribution >= 4 is 44.7 Å². The summed E-state index contributed by atoms with van der Waals surface area (Å²) in [5.41, 5.74) is 7.58. The van der Waals surface area contributed by atoms with Gasteiger partial charge in [0.25, 0.3) is 0 Å². The van der Waals surface area contributed by atoms with Gasteiger partial charge in [-0.15, -0.1) is 0 Å². The molecule has 0 aliphatic rings. The van der Waals surface area contributed by atoms with E-state index in [-0.39, 0.29) is 17.5 Å². The van der Waals surface area contributed by atoms with E-state index in [0.717, 1.165) is 49.9 Å². The second-order valence-corrected chi connectivity index (χ2v) is 12.2. The first-order valence-corrected chi connectivity index (χ1v) is 15.5. The van der Waals surface area contributed by atoms with Gasteiger partial charge in [0.1, 0.15) is 34.7 Å². The van der Waals surface area contributed by atoms with Crippen LogP contribution in [0.3, 0.4) is 0 Å². The van der Waals surface area contributed by atoms with E-state index in [1.54, 1.807) is 12.1 Å². The Balaban J connectivity index is 1.14. The van der Waals surface area contributed by atoms with Crippen LogP contribution >= 0.6 is 0 Å². The van der Waals surface area contributed by atoms with E-state index >= 15 is 0 Å². The molecule has 10 heteroatoms. The van der Waals surface area contributed by atoms with Gasteiger partial charge in [-0.1, -0.05) is 24.3 Å². The number of imidazole rings is 2. The summed E-state index contributed by atoms with van der Waals surface area (Å²) in [6.45, 7) is 8.00. The maximum Gasteiger partial charge on any atom is 0.193 e. The number of H-pyrrole nitrogens is 2. The summed E-state index contributed by atoms with van der Waals surface area (Å²) in [5.74, 6) is 2.55. The van der Waals surface area contributed by atoms with Crippen LogP contribution in [0.25, 0.3) is 67.1 Å². The van der Waals surface area contributed by atoms with Gasteiger partial charge in [-0.05, 0) is 82.3 Å². The Morgan fingerprint density at radius 2 is 1.17 bits per heavy atom. The van der Waals surface area contributed by atoms with Crippen molar-refractivity contribution in [2.45, 2.75) is 39.8 Å². The maximum atomic E-state index is 13.3. The third-order valence-corrected chi connectivity index (χ3v) is 7.85. The van der Waals surface area contributed by atoms with Crippen molar-refractivity contribution in [3.8, 4) is 34.1 Å². The highest BCUT2D eigenvalue weighted by atomic mass is 16.3. The Bertz CT molecular complexity index is 2380. The van der Waals surface area contributed by atoms with Gasteiger partial charge in [-0.25, -0.2) is 9.97 Å². The van der Waals surface area contributed by atoms with Crippen molar-refractivity contribution in [1.82, 2.24) is 30.6 Å². The van der Waals surface area contributed by atoms with Crippen LogP contribution in [0.1, 0.15) is 38.8 Å². The van der Waals surface area contributed by atoms with E-state index in [2.05, 4.69) is 20.6 Å². The Morgan fingerprint density at radius 1 is 0.660 bits per heavy atom. The van der Waals surface area contributed by atoms with Crippen molar-refractivity contribution in [3.63, 3.8) is 0 Å². The highest BCUT2D eigenvalue weighted by Crippen LogP contribution is 2.29. The average molecular weight is 623 g/mol. The normalized spacial score (nSPS) is 11.6. The number of benzene rings is 4. The molecule has 10 nitrogen and oxygen atoms in total. The van der Waals surface area contributed by atoms with Crippen LogP contribution in [-0.4, -0.2) is 43.7 Å². The van der Waals surface area contributed by atoms with Crippen LogP contribution in [-0.2, 0) is 0 Å². The minimum absolute atomic E-state index is 0.149. The second-order valence-electron chi connectivity index (χ2n) is 12.2. The van der Waals surface area contributed by atoms with Gasteiger partial charge < -0.3 is 25.0 Å². The molecule has 6 N–H and O–H groups in total. The van der Waals surface area contributed by atoms with Gasteiger partial charge in [0.05, 0.1) is 27.5 Å². The summed E-state index contributed by atoms with van der Waals surface area (Å²) in [6.07, 6.45) is 0. The molecule has 0 fully saturated rings. The molecule has 0 saturated heterocycles. The Kier molecular flexibility index (Phi) is 7.40. The summed E-state index contributed by atoms with van der Waals surface area (Å²) in [5, 5.41) is 23.3. The predicted molar refractivity (Wildman–Crippen MR) is 188 cm³/mol. The topological polar surface area (TPSA) is 159 Å². The molecule has 234 valence electrons. The Labute approximate surface area is 270 Å². The zero-order valence-corrected chi connectivity index (χ0v) is 26.4. The van der Waals surface area contributed by atoms with E-state index in [1.807, 2.05) is 94.4 Å². The summed E-state index contributed by atoms with van der Waals surface area (Å²) < 4.78 is 6.20. The molecule has 3 aromatic heterocycles. The standard InChI is InChI=1S/C37H34N8O2/c1-19(2)40-34(38)23-9-12-27-29(16-23)44-36(42-27)22-7-5-21(6-8-22)33-18-31(46)26-15-25(11-14-32(26)47-33)37-43-28-13-10-24(17-30(28)45-37)35(39)41-20(3)4/h5-20H,1-4H3,(H2,38,40)(H2,39,41)(H,42,44)(H,43,45). The summed E-state index contributed by atoms with van der Waals surface area (Å²) >= 11 is 0. The van der Waals surface area contributed by atoms with E-state index in [9.17, 15) is 4.79 Å². The van der Waals surface area contributed by atoms with Crippen molar-refractivity contribution in [1.29, 1.82) is 10.8 Å². The average Bonchev–Trinajstić information content (AvgIpc) is 3.68. The number of hydrogen-bond donors (Lipinski definition) is 6. The predicted octanol–water partition coefficient (Wildman–Crippen LogP) is 7.19. The van der Waals surface area contributed by atoms with Crippen molar-refractivity contribution in [3.05, 3.63) is 106 Å². The van der Waals surface area contributed by atoms with E-state index in [4.69, 9.17) is 25.2 Å². The monoisotopic (exact) mass is 622 g/mol. The van der Waals surface area contributed by atoms with Crippen molar-refractivity contribution in [2.24, 2.45) is 0 Å². The number of nitrogens with zero attached hydrogens (tertiary/aromatic N) is 2. The molecular formula is C37H34N8O2. The smallest absolute Gasteiger partial charge is 0.193 e. The third-order valence-electron chi connectivity index (χ3n) is 7.85. The van der Waals surface area contributed by atoms with E-state index in [0.29, 0.717) is 40.0 Å². The Hall–Kier alpha value is -6.03. The van der Waals surface area contributed by atoms with Crippen LogP contribution in [0.2, 0.25) is 0 Å². The molecule has 3 heterocycles. The number of fused-ring (bicyclic) bond motifs is 3. The highest BCUT2D eigenvalue weighted by molar-refractivity contribution is 6.00. The zero-order chi connectivity index (χ0) is 32.8. The van der Waals surface area contributed by atoms with Crippen LogP contribution in [0.4, 0.5) is 0 Å². The van der Waals surface area contributed by atoms with Gasteiger partial charge in [0.15, 0.2) is 5.43 Å². The van der Waals surface area contributed by atoms with Gasteiger partial charge in [-0.2, -0.15) is 0 Å². The lowest BCUT2D eigenvalue weighted by Gasteiger charge is -2.10. The first-order chi connectivity index (χ1) is 22.6. The molecule has 0 radical (unpaired) electrons. The molecule has 0 aliphatic heterocycles. The van der Waals surface area contributed by atoms with Crippen LogP contribution in [0, 0.1) is 10.8 Å². The molecule has 0 bridgehead atoms. The lowest BCUT2D eigenvalue weighted by atomic mass is 10.1. The lowest BCUT2D eigenvalue weighted by molar-refractivity contribution is 0.619. The lowest BCUT2D eigenvalue weighted by Crippen LogP contribution is -2.30. The number of amidine groups is 2. The fourth-order valence-electron chi connectivity index (χ4n) is 5.59. The fourth-order valence-corrected chi connectivity index (χ4v) is 5.59. The minimum atomic E-state index is -0.149. The fraction of sp³-hybridized carbons (Fsp3) is 0.162. The molecular weight excluding hydrogens is 588 g/mol. The highest BCUT2D eigenvalue weighted by Gasteiger charge is 2.14. The van der Waals surface area contributed by atoms with Crippen LogP contribution < -0.4 is 16.1 Å². The summed E-state index contributed by atoms with van der Waals surface area (Å²) in [4.78, 5) is 29.5. The van der Waals surface area contributed by atoms with Gasteiger partial charge in [0.2, 0.25) is 0 Å².